The van der Waals surface area contributed by atoms with Gasteiger partial charge in [0.05, 0.1) is 5.69 Å². The van der Waals surface area contributed by atoms with Crippen LogP contribution in [0.15, 0.2) is 72.8 Å². The van der Waals surface area contributed by atoms with Crippen molar-refractivity contribution in [1.29, 1.82) is 0 Å². The van der Waals surface area contributed by atoms with E-state index in [1.807, 2.05) is 30.3 Å². The molecule has 0 aliphatic carbocycles. The van der Waals surface area contributed by atoms with Gasteiger partial charge in [0.25, 0.3) is 11.8 Å². The third-order valence-electron chi connectivity index (χ3n) is 6.26. The van der Waals surface area contributed by atoms with Crippen LogP contribution in [0.25, 0.3) is 0 Å². The molecule has 0 saturated heterocycles. The molecular weight excluding hydrogens is 537 g/mol. The molecular formula is C28H24FN5O5S. The Bertz CT molecular complexity index is 1560. The summed E-state index contributed by atoms with van der Waals surface area (Å²) in [6, 6.07) is 18.5. The molecule has 0 spiro atoms. The molecule has 0 saturated carbocycles. The number of primary amides is 1. The highest BCUT2D eigenvalue weighted by Crippen LogP contribution is 2.35. The van der Waals surface area contributed by atoms with E-state index >= 15 is 0 Å². The number of carbonyl (C=O) groups is 3. The van der Waals surface area contributed by atoms with E-state index in [0.29, 0.717) is 34.2 Å². The lowest BCUT2D eigenvalue weighted by Gasteiger charge is -2.31. The van der Waals surface area contributed by atoms with E-state index in [2.05, 4.69) is 9.69 Å². The summed E-state index contributed by atoms with van der Waals surface area (Å²) < 4.78 is 28.7. The number of rotatable bonds is 9. The second kappa shape index (κ2) is 11.4. The van der Waals surface area contributed by atoms with Crippen LogP contribution in [0, 0.1) is 5.82 Å². The van der Waals surface area contributed by atoms with Crippen molar-refractivity contribution in [1.82, 2.24) is 14.6 Å². The molecule has 5 N–H and O–H groups in total. The normalized spacial score (nSPS) is 12.5. The third-order valence-corrected chi connectivity index (χ3v) is 7.11. The molecule has 3 amide bonds. The van der Waals surface area contributed by atoms with Gasteiger partial charge >= 0.3 is 0 Å². The molecule has 2 heterocycles. The van der Waals surface area contributed by atoms with Crippen LogP contribution >= 0.6 is 11.5 Å². The largest absolute Gasteiger partial charge is 0.454 e. The van der Waals surface area contributed by atoms with E-state index in [1.54, 1.807) is 18.2 Å². The predicted octanol–water partition coefficient (Wildman–Crippen LogP) is 3.39. The lowest BCUT2D eigenvalue weighted by atomic mass is 10.0. The molecule has 0 radical (unpaired) electrons. The minimum Gasteiger partial charge on any atom is -0.454 e. The topological polar surface area (TPSA) is 150 Å². The summed E-state index contributed by atoms with van der Waals surface area (Å²) in [7, 11) is 0. The number of nitrogens with zero attached hydrogens (tertiary/aromatic N) is 2. The highest BCUT2D eigenvalue weighted by molar-refractivity contribution is 7.09. The maximum Gasteiger partial charge on any atom is 0.270 e. The molecule has 0 fully saturated rings. The number of hydrogen-bond acceptors (Lipinski definition) is 8. The average molecular weight is 562 g/mol. The van der Waals surface area contributed by atoms with E-state index < -0.39 is 29.6 Å². The molecule has 40 heavy (non-hydrogen) atoms. The lowest BCUT2D eigenvalue weighted by molar-refractivity contribution is -0.126. The Balaban J connectivity index is 1.56. The Kier molecular flexibility index (Phi) is 7.60. The number of nitrogen functional groups attached to an aromatic ring is 1. The van der Waals surface area contributed by atoms with E-state index in [-0.39, 0.29) is 36.1 Å². The summed E-state index contributed by atoms with van der Waals surface area (Å²) in [6.45, 7) is 0.187. The van der Waals surface area contributed by atoms with Crippen molar-refractivity contribution in [3.05, 3.63) is 106 Å². The minimum atomic E-state index is -1.21. The van der Waals surface area contributed by atoms with Crippen molar-refractivity contribution in [2.24, 2.45) is 5.73 Å². The van der Waals surface area contributed by atoms with E-state index in [4.69, 9.17) is 20.9 Å². The number of nitrogens with two attached hydrogens (primary N) is 2. The van der Waals surface area contributed by atoms with Gasteiger partial charge < -0.3 is 31.2 Å². The summed E-state index contributed by atoms with van der Waals surface area (Å²) in [5.74, 6) is -1.52. The number of anilines is 1. The predicted molar refractivity (Wildman–Crippen MR) is 145 cm³/mol. The number of carbonyl (C=O) groups excluding carboxylic acids is 3. The number of fused-ring (bicyclic) bond motifs is 1. The van der Waals surface area contributed by atoms with Crippen molar-refractivity contribution >= 4 is 34.9 Å². The molecule has 5 rings (SSSR count). The maximum atomic E-state index is 14.1. The van der Waals surface area contributed by atoms with Crippen LogP contribution in [-0.2, 0) is 17.9 Å². The van der Waals surface area contributed by atoms with E-state index in [1.165, 1.54) is 29.2 Å². The molecule has 0 bridgehead atoms. The van der Waals surface area contributed by atoms with Crippen molar-refractivity contribution in [2.75, 3.05) is 12.5 Å². The fourth-order valence-electron chi connectivity index (χ4n) is 4.28. The van der Waals surface area contributed by atoms with Gasteiger partial charge in [-0.05, 0) is 52.5 Å². The highest BCUT2D eigenvalue weighted by atomic mass is 32.1. The molecule has 204 valence electrons. The zero-order chi connectivity index (χ0) is 28.2. The first-order valence-corrected chi connectivity index (χ1v) is 12.9. The Morgan fingerprint density at radius 1 is 1.00 bits per heavy atom. The number of benzene rings is 3. The van der Waals surface area contributed by atoms with Crippen molar-refractivity contribution in [3.8, 4) is 11.5 Å². The van der Waals surface area contributed by atoms with Gasteiger partial charge in [0.15, 0.2) is 17.2 Å². The zero-order valence-electron chi connectivity index (χ0n) is 21.0. The van der Waals surface area contributed by atoms with Gasteiger partial charge in [0, 0.05) is 13.1 Å². The molecule has 0 unspecified atom stereocenters. The van der Waals surface area contributed by atoms with Crippen LogP contribution in [0.1, 0.15) is 42.9 Å². The average Bonchev–Trinajstić information content (AvgIpc) is 3.59. The molecule has 3 aromatic carbocycles. The zero-order valence-corrected chi connectivity index (χ0v) is 21.8. The van der Waals surface area contributed by atoms with Crippen LogP contribution in [0.4, 0.5) is 10.1 Å². The summed E-state index contributed by atoms with van der Waals surface area (Å²) in [5.41, 5.74) is 12.9. The van der Waals surface area contributed by atoms with Crippen LogP contribution < -0.4 is 26.3 Å². The Morgan fingerprint density at radius 2 is 1.73 bits per heavy atom. The molecule has 4 aromatic rings. The van der Waals surface area contributed by atoms with Gasteiger partial charge in [-0.2, -0.15) is 4.37 Å². The first-order chi connectivity index (χ1) is 19.3. The molecule has 1 aliphatic rings. The first-order valence-electron chi connectivity index (χ1n) is 12.1. The Labute approximate surface area is 232 Å². The van der Waals surface area contributed by atoms with Crippen LogP contribution in [0.5, 0.6) is 11.5 Å². The summed E-state index contributed by atoms with van der Waals surface area (Å²) in [4.78, 5) is 40.9. The van der Waals surface area contributed by atoms with Gasteiger partial charge in [-0.15, -0.1) is 0 Å². The van der Waals surface area contributed by atoms with Crippen LogP contribution in [-0.4, -0.2) is 33.8 Å². The summed E-state index contributed by atoms with van der Waals surface area (Å²) >= 11 is 0.705. The summed E-state index contributed by atoms with van der Waals surface area (Å²) in [5, 5.41) is 2.88. The van der Waals surface area contributed by atoms with Gasteiger partial charge in [0.1, 0.15) is 16.7 Å². The quantitative estimate of drug-likeness (QED) is 0.283. The van der Waals surface area contributed by atoms with Crippen molar-refractivity contribution in [3.63, 3.8) is 0 Å². The molecule has 10 nitrogen and oxygen atoms in total. The minimum absolute atomic E-state index is 0.0579. The van der Waals surface area contributed by atoms with Gasteiger partial charge in [-0.25, -0.2) is 4.39 Å². The fourth-order valence-corrected chi connectivity index (χ4v) is 5.04. The maximum absolute atomic E-state index is 14.1. The Morgan fingerprint density at radius 3 is 2.42 bits per heavy atom. The molecule has 12 heteroatoms. The Hall–Kier alpha value is -4.97. The number of aromatic nitrogens is 1. The molecule has 1 atom stereocenters. The first kappa shape index (κ1) is 26.6. The second-order valence-corrected chi connectivity index (χ2v) is 9.69. The SMILES string of the molecule is NC(=O)c1nsc(C(=O)N(Cc2ccc3c(c2)OCO3)[C@H](C(=O)NCc2ccccc2)c2ccc(F)cc2)c1N. The monoisotopic (exact) mass is 561 g/mol. The number of hydrogen-bond donors (Lipinski definition) is 3. The van der Waals surface area contributed by atoms with Crippen LogP contribution in [0.2, 0.25) is 0 Å². The molecule has 1 aromatic heterocycles. The fraction of sp³-hybridized carbons (Fsp3) is 0.143. The van der Waals surface area contributed by atoms with E-state index in [0.717, 1.165) is 5.56 Å². The van der Waals surface area contributed by atoms with Crippen molar-refractivity contribution in [2.45, 2.75) is 19.1 Å². The summed E-state index contributed by atoms with van der Waals surface area (Å²) in [6.07, 6.45) is 0. The van der Waals surface area contributed by atoms with Crippen molar-refractivity contribution < 1.29 is 28.2 Å². The number of ether oxygens (including phenoxy) is 2. The number of nitrogens with one attached hydrogen (secondary N) is 1. The third kappa shape index (κ3) is 5.57. The van der Waals surface area contributed by atoms with Gasteiger partial charge in [-0.3, -0.25) is 14.4 Å². The number of amides is 3. The highest BCUT2D eigenvalue weighted by Gasteiger charge is 2.35. The lowest BCUT2D eigenvalue weighted by Crippen LogP contribution is -2.43. The van der Waals surface area contributed by atoms with Crippen LogP contribution in [0.3, 0.4) is 0 Å². The second-order valence-electron chi connectivity index (χ2n) is 8.92. The van der Waals surface area contributed by atoms with E-state index in [9.17, 15) is 18.8 Å². The smallest absolute Gasteiger partial charge is 0.270 e. The van der Waals surface area contributed by atoms with Gasteiger partial charge in [-0.1, -0.05) is 48.5 Å². The number of halogens is 1. The molecule has 1 aliphatic heterocycles. The van der Waals surface area contributed by atoms with Gasteiger partial charge in [0.2, 0.25) is 12.7 Å². The standard InChI is InChI=1S/C28H24FN5O5S/c29-19-9-7-18(8-10-19)24(27(36)32-13-16-4-2-1-3-5-16)34(14-17-6-11-20-21(12-17)39-15-38-20)28(37)25-22(30)23(26(31)35)33-40-25/h1-12,24H,13-15,30H2,(H2,31,35)(H,32,36)/t24-/m0/s1.